The van der Waals surface area contributed by atoms with Crippen molar-refractivity contribution in [3.8, 4) is 11.4 Å². The molecule has 1 amide bonds. The Kier molecular flexibility index (Phi) is 5.13. The highest BCUT2D eigenvalue weighted by Crippen LogP contribution is 2.39. The van der Waals surface area contributed by atoms with Crippen molar-refractivity contribution in [3.05, 3.63) is 35.7 Å². The fraction of sp³-hybridized carbons (Fsp3) is 0.250. The third kappa shape index (κ3) is 4.05. The lowest BCUT2D eigenvalue weighted by Gasteiger charge is -2.19. The number of hydrogen-bond acceptors (Lipinski definition) is 6. The van der Waals surface area contributed by atoms with E-state index in [0.717, 1.165) is 24.3 Å². The van der Waals surface area contributed by atoms with Gasteiger partial charge < -0.3 is 4.52 Å². The monoisotopic (exact) mass is 439 g/mol. The minimum atomic E-state index is -6.47. The van der Waals surface area contributed by atoms with E-state index < -0.39 is 50.8 Å². The minimum absolute atomic E-state index is 0.153. The zero-order chi connectivity index (χ0) is 21.5. The van der Waals surface area contributed by atoms with Crippen molar-refractivity contribution in [1.82, 2.24) is 14.9 Å². The van der Waals surface area contributed by atoms with Gasteiger partial charge in [-0.3, -0.25) is 4.79 Å². The molecule has 154 valence electrons. The fourth-order valence-corrected chi connectivity index (χ4v) is 2.42. The van der Waals surface area contributed by atoms with Gasteiger partial charge in [-0.2, -0.15) is 48.5 Å². The Morgan fingerprint density at radius 1 is 0.964 bits per heavy atom. The zero-order valence-corrected chi connectivity index (χ0v) is 13.6. The number of carbonyl (C=O) groups excluding carboxylic acids is 1. The maximum Gasteiger partial charge on any atom is 0.471 e. The van der Waals surface area contributed by atoms with Crippen LogP contribution in [0.2, 0.25) is 0 Å². The molecule has 1 aromatic carbocycles. The van der Waals surface area contributed by atoms with E-state index >= 15 is 0 Å². The summed E-state index contributed by atoms with van der Waals surface area (Å²) in [4.78, 5) is 14.6. The predicted molar refractivity (Wildman–Crippen MR) is 72.1 cm³/mol. The van der Waals surface area contributed by atoms with Crippen molar-refractivity contribution in [2.75, 3.05) is 0 Å². The van der Waals surface area contributed by atoms with Crippen molar-refractivity contribution in [3.63, 3.8) is 0 Å². The number of aromatic nitrogens is 2. The van der Waals surface area contributed by atoms with Crippen molar-refractivity contribution in [2.45, 2.75) is 17.6 Å². The number of alkyl halides is 8. The molecule has 0 bridgehead atoms. The molecule has 0 aliphatic rings. The molecule has 0 aliphatic carbocycles. The van der Waals surface area contributed by atoms with Gasteiger partial charge in [0.05, 0.1) is 0 Å². The van der Waals surface area contributed by atoms with Gasteiger partial charge in [0.1, 0.15) is 0 Å². The molecule has 2 rings (SSSR count). The molecule has 1 N–H and O–H groups in total. The summed E-state index contributed by atoms with van der Waals surface area (Å²) in [7, 11) is -6.46. The van der Waals surface area contributed by atoms with Gasteiger partial charge in [-0.05, 0) is 12.1 Å². The molecule has 16 heteroatoms. The molecule has 0 aliphatic heterocycles. The highest BCUT2D eigenvalue weighted by atomic mass is 32.2. The molecule has 0 saturated heterocycles. The van der Waals surface area contributed by atoms with Crippen LogP contribution >= 0.6 is 0 Å². The highest BCUT2D eigenvalue weighted by molar-refractivity contribution is 7.91. The summed E-state index contributed by atoms with van der Waals surface area (Å²) < 4.78 is 126. The molecule has 2 aromatic rings. The van der Waals surface area contributed by atoms with E-state index in [0.29, 0.717) is 4.72 Å². The Morgan fingerprint density at radius 2 is 1.50 bits per heavy atom. The number of amides is 1. The number of sulfonamides is 1. The molecule has 0 spiro atoms. The van der Waals surface area contributed by atoms with E-state index in [1.807, 2.05) is 0 Å². The number of benzene rings is 1. The normalized spacial score (nSPS) is 13.4. The van der Waals surface area contributed by atoms with Gasteiger partial charge in [0.15, 0.2) is 0 Å². The number of hydrogen-bond donors (Lipinski definition) is 1. The lowest BCUT2D eigenvalue weighted by Crippen LogP contribution is -2.51. The third-order valence-corrected chi connectivity index (χ3v) is 4.33. The second kappa shape index (κ2) is 6.68. The van der Waals surface area contributed by atoms with Crippen molar-refractivity contribution >= 4 is 15.9 Å². The first-order chi connectivity index (χ1) is 12.6. The van der Waals surface area contributed by atoms with Crippen LogP contribution in [-0.4, -0.2) is 35.9 Å². The standard InChI is InChI=1S/C12H5F8N3O4S/c13-10(14,15)9-21-7(22-27-9)5-1-3-6(4-2-5)8(24)23-28(25,26)12(19,20)11(16,17)18/h1-4H,(H,23,24). The van der Waals surface area contributed by atoms with E-state index in [-0.39, 0.29) is 5.56 Å². The van der Waals surface area contributed by atoms with Crippen molar-refractivity contribution in [2.24, 2.45) is 0 Å². The van der Waals surface area contributed by atoms with Crippen molar-refractivity contribution < 1.29 is 52.9 Å². The van der Waals surface area contributed by atoms with Gasteiger partial charge in [-0.15, -0.1) is 0 Å². The summed E-state index contributed by atoms with van der Waals surface area (Å²) in [6.45, 7) is 0. The zero-order valence-electron chi connectivity index (χ0n) is 12.8. The van der Waals surface area contributed by atoms with Crippen LogP contribution < -0.4 is 4.72 Å². The van der Waals surface area contributed by atoms with Crippen molar-refractivity contribution in [1.29, 1.82) is 0 Å². The van der Waals surface area contributed by atoms with E-state index in [1.54, 1.807) is 0 Å². The molecule has 0 saturated carbocycles. The number of rotatable bonds is 4. The topological polar surface area (TPSA) is 102 Å². The Hall–Kier alpha value is -2.78. The molecule has 1 aromatic heterocycles. The van der Waals surface area contributed by atoms with E-state index in [1.165, 1.54) is 0 Å². The number of halogens is 8. The molecule has 7 nitrogen and oxygen atoms in total. The smallest absolute Gasteiger partial charge is 0.329 e. The predicted octanol–water partition coefficient (Wildman–Crippen LogP) is 2.97. The maximum absolute atomic E-state index is 12.9. The van der Waals surface area contributed by atoms with Crippen LogP contribution in [0.15, 0.2) is 28.8 Å². The van der Waals surface area contributed by atoms with E-state index in [4.69, 9.17) is 0 Å². The Morgan fingerprint density at radius 3 is 1.93 bits per heavy atom. The summed E-state index contributed by atoms with van der Waals surface area (Å²) >= 11 is 0. The first-order valence-electron chi connectivity index (χ1n) is 6.59. The van der Waals surface area contributed by atoms with Gasteiger partial charge in [0.25, 0.3) is 5.91 Å². The highest BCUT2D eigenvalue weighted by Gasteiger charge is 2.68. The number of nitrogens with one attached hydrogen (secondary N) is 1. The SMILES string of the molecule is O=C(NS(=O)(=O)C(F)(F)C(F)(F)F)c1ccc(-c2noc(C(F)(F)F)n2)cc1. The molecule has 0 radical (unpaired) electrons. The summed E-state index contributed by atoms with van der Waals surface area (Å²) in [6.07, 6.45) is -11.4. The average Bonchev–Trinajstić information content (AvgIpc) is 3.03. The van der Waals surface area contributed by atoms with Crippen LogP contribution in [-0.2, 0) is 16.2 Å². The number of nitrogens with zero attached hydrogens (tertiary/aromatic N) is 2. The van der Waals surface area contributed by atoms with Gasteiger partial charge >= 0.3 is 33.5 Å². The minimum Gasteiger partial charge on any atom is -0.329 e. The third-order valence-electron chi connectivity index (χ3n) is 2.97. The Balaban J connectivity index is 2.22. The lowest BCUT2D eigenvalue weighted by atomic mass is 10.1. The van der Waals surface area contributed by atoms with E-state index in [9.17, 15) is 48.3 Å². The fourth-order valence-electron chi connectivity index (χ4n) is 1.62. The second-order valence-electron chi connectivity index (χ2n) is 4.95. The molecular weight excluding hydrogens is 434 g/mol. The Labute approximate surface area is 149 Å². The molecular formula is C12H5F8N3O4S. The van der Waals surface area contributed by atoms with Gasteiger partial charge in [0.2, 0.25) is 5.82 Å². The number of carbonyl (C=O) groups is 1. The molecule has 0 atom stereocenters. The summed E-state index contributed by atoms with van der Waals surface area (Å²) in [5.41, 5.74) is -0.843. The first kappa shape index (κ1) is 21.5. The van der Waals surface area contributed by atoms with Crippen LogP contribution in [0.4, 0.5) is 35.1 Å². The first-order valence-corrected chi connectivity index (χ1v) is 8.07. The van der Waals surface area contributed by atoms with Gasteiger partial charge in [-0.1, -0.05) is 17.3 Å². The second-order valence-corrected chi connectivity index (χ2v) is 6.67. The van der Waals surface area contributed by atoms with Gasteiger partial charge in [-0.25, -0.2) is 4.72 Å². The summed E-state index contributed by atoms with van der Waals surface area (Å²) in [5.74, 6) is -4.08. The quantitative estimate of drug-likeness (QED) is 0.736. The van der Waals surface area contributed by atoms with Crippen LogP contribution in [0.3, 0.4) is 0 Å². The van der Waals surface area contributed by atoms with Crippen LogP contribution in [0.5, 0.6) is 0 Å². The van der Waals surface area contributed by atoms with Crippen LogP contribution in [0, 0.1) is 0 Å². The van der Waals surface area contributed by atoms with Crippen LogP contribution in [0.25, 0.3) is 11.4 Å². The van der Waals surface area contributed by atoms with E-state index in [2.05, 4.69) is 14.7 Å². The average molecular weight is 439 g/mol. The Bertz CT molecular complexity index is 980. The maximum atomic E-state index is 12.9. The lowest BCUT2D eigenvalue weighted by molar-refractivity contribution is -0.241. The molecule has 28 heavy (non-hydrogen) atoms. The van der Waals surface area contributed by atoms with Gasteiger partial charge in [0, 0.05) is 11.1 Å². The largest absolute Gasteiger partial charge is 0.471 e. The summed E-state index contributed by atoms with van der Waals surface area (Å²) in [5, 5.41) is -3.22. The summed E-state index contributed by atoms with van der Waals surface area (Å²) in [6, 6.07) is 3.23. The molecule has 0 fully saturated rings. The molecule has 1 heterocycles. The molecule has 0 unspecified atom stereocenters. The van der Waals surface area contributed by atoms with Crippen LogP contribution in [0.1, 0.15) is 16.2 Å².